The van der Waals surface area contributed by atoms with E-state index in [0.29, 0.717) is 23.5 Å². The van der Waals surface area contributed by atoms with Crippen LogP contribution in [0.25, 0.3) is 0 Å². The molecule has 3 aromatic rings. The van der Waals surface area contributed by atoms with Gasteiger partial charge in [0.15, 0.2) is 23.9 Å². The second-order valence-corrected chi connectivity index (χ2v) is 7.06. The fraction of sp³-hybridized carbons (Fsp3) is 0.160. The summed E-state index contributed by atoms with van der Waals surface area (Å²) in [5.74, 6) is -0.0716. The highest BCUT2D eigenvalue weighted by Gasteiger charge is 2.15. The highest BCUT2D eigenvalue weighted by Crippen LogP contribution is 2.29. The van der Waals surface area contributed by atoms with Crippen molar-refractivity contribution < 1.29 is 33.5 Å². The molecule has 0 saturated heterocycles. The van der Waals surface area contributed by atoms with Gasteiger partial charge in [0.05, 0.1) is 30.4 Å². The van der Waals surface area contributed by atoms with Crippen LogP contribution in [0.1, 0.15) is 22.8 Å². The van der Waals surface area contributed by atoms with Gasteiger partial charge in [-0.2, -0.15) is 5.10 Å². The van der Waals surface area contributed by atoms with E-state index in [1.54, 1.807) is 42.5 Å². The number of hydrogen-bond acceptors (Lipinski definition) is 9. The van der Waals surface area contributed by atoms with Gasteiger partial charge < -0.3 is 18.9 Å². The first-order valence-electron chi connectivity index (χ1n) is 10.7. The molecule has 1 amide bonds. The monoisotopic (exact) mass is 493 g/mol. The number of hydrogen-bond donors (Lipinski definition) is 1. The third kappa shape index (κ3) is 7.03. The number of carbonyl (C=O) groups is 2. The predicted octanol–water partition coefficient (Wildman–Crippen LogP) is 3.75. The van der Waals surface area contributed by atoms with Crippen LogP contribution in [-0.4, -0.2) is 43.3 Å². The topological polar surface area (TPSA) is 139 Å². The molecule has 0 bridgehead atoms. The van der Waals surface area contributed by atoms with Gasteiger partial charge in [0.1, 0.15) is 5.75 Å². The summed E-state index contributed by atoms with van der Waals surface area (Å²) in [6.07, 6.45) is 1.35. The molecule has 0 unspecified atom stereocenters. The highest BCUT2D eigenvalue weighted by atomic mass is 16.6. The van der Waals surface area contributed by atoms with Gasteiger partial charge in [0, 0.05) is 6.07 Å². The molecule has 36 heavy (non-hydrogen) atoms. The summed E-state index contributed by atoms with van der Waals surface area (Å²) >= 11 is 0. The van der Waals surface area contributed by atoms with Gasteiger partial charge in [-0.1, -0.05) is 12.1 Å². The Morgan fingerprint density at radius 2 is 1.75 bits per heavy atom. The fourth-order valence-electron chi connectivity index (χ4n) is 2.95. The Kier molecular flexibility index (Phi) is 8.93. The molecule has 3 rings (SSSR count). The fourth-order valence-corrected chi connectivity index (χ4v) is 2.95. The van der Waals surface area contributed by atoms with Gasteiger partial charge in [0.25, 0.3) is 5.91 Å². The quantitative estimate of drug-likeness (QED) is 0.140. The lowest BCUT2D eigenvalue weighted by Crippen LogP contribution is -2.24. The van der Waals surface area contributed by atoms with Gasteiger partial charge in [0.2, 0.25) is 0 Å². The number of nitro benzene ring substituents is 1. The first-order chi connectivity index (χ1) is 17.4. The molecule has 0 radical (unpaired) electrons. The molecule has 1 N–H and O–H groups in total. The van der Waals surface area contributed by atoms with Gasteiger partial charge in [-0.3, -0.25) is 14.9 Å². The number of amides is 1. The molecule has 0 aliphatic heterocycles. The van der Waals surface area contributed by atoms with Crippen molar-refractivity contribution in [1.29, 1.82) is 0 Å². The molecule has 0 atom stereocenters. The van der Waals surface area contributed by atoms with Crippen molar-refractivity contribution in [3.05, 3.63) is 88.0 Å². The number of nitrogens with zero attached hydrogens (tertiary/aromatic N) is 2. The lowest BCUT2D eigenvalue weighted by Gasteiger charge is -2.10. The molecule has 0 fully saturated rings. The molecule has 3 aromatic carbocycles. The van der Waals surface area contributed by atoms with Crippen LogP contribution in [0.5, 0.6) is 23.0 Å². The number of esters is 1. The largest absolute Gasteiger partial charge is 0.494 e. The average molecular weight is 493 g/mol. The number of methoxy groups -OCH3 is 1. The van der Waals surface area contributed by atoms with Crippen molar-refractivity contribution in [2.75, 3.05) is 20.3 Å². The van der Waals surface area contributed by atoms with Crippen LogP contribution in [0.4, 0.5) is 5.69 Å². The normalized spacial score (nSPS) is 10.5. The molecule has 0 aliphatic rings. The summed E-state index contributed by atoms with van der Waals surface area (Å²) in [4.78, 5) is 34.8. The van der Waals surface area contributed by atoms with E-state index in [1.165, 1.54) is 37.6 Å². The SMILES string of the molecule is CCOc1ccc(C(=O)Oc2ccc(/C=N/NC(=O)COc3ccccc3[N+](=O)[O-])cc2OC)cc1. The molecular formula is C25H23N3O8. The summed E-state index contributed by atoms with van der Waals surface area (Å²) in [5, 5.41) is 14.8. The Morgan fingerprint density at radius 3 is 2.44 bits per heavy atom. The van der Waals surface area contributed by atoms with E-state index in [1.807, 2.05) is 6.92 Å². The van der Waals surface area contributed by atoms with Crippen LogP contribution >= 0.6 is 0 Å². The van der Waals surface area contributed by atoms with Crippen LogP contribution in [0.3, 0.4) is 0 Å². The summed E-state index contributed by atoms with van der Waals surface area (Å²) in [5.41, 5.74) is 2.92. The zero-order valence-corrected chi connectivity index (χ0v) is 19.5. The molecule has 0 saturated carbocycles. The maximum Gasteiger partial charge on any atom is 0.343 e. The second-order valence-electron chi connectivity index (χ2n) is 7.06. The van der Waals surface area contributed by atoms with Gasteiger partial charge in [-0.15, -0.1) is 0 Å². The van der Waals surface area contributed by atoms with Crippen molar-refractivity contribution in [2.45, 2.75) is 6.92 Å². The first kappa shape index (κ1) is 25.7. The minimum Gasteiger partial charge on any atom is -0.494 e. The Morgan fingerprint density at radius 1 is 1.00 bits per heavy atom. The zero-order chi connectivity index (χ0) is 25.9. The summed E-state index contributed by atoms with van der Waals surface area (Å²) in [7, 11) is 1.42. The molecule has 11 nitrogen and oxygen atoms in total. The van der Waals surface area contributed by atoms with E-state index in [9.17, 15) is 19.7 Å². The molecule has 0 spiro atoms. The molecule has 0 aliphatic carbocycles. The standard InChI is InChI=1S/C25H23N3O8/c1-3-34-19-11-9-18(10-12-19)25(30)36-22-13-8-17(14-23(22)33-2)15-26-27-24(29)16-35-21-7-5-4-6-20(21)28(31)32/h4-15H,3,16H2,1-2H3,(H,27,29)/b26-15+. The van der Waals surface area contributed by atoms with Crippen LogP contribution in [0.2, 0.25) is 0 Å². The summed E-state index contributed by atoms with van der Waals surface area (Å²) < 4.78 is 21.3. The highest BCUT2D eigenvalue weighted by molar-refractivity contribution is 5.92. The number of ether oxygens (including phenoxy) is 4. The van der Waals surface area contributed by atoms with Gasteiger partial charge in [-0.25, -0.2) is 10.2 Å². The van der Waals surface area contributed by atoms with E-state index in [0.717, 1.165) is 0 Å². The molecular weight excluding hydrogens is 470 g/mol. The molecule has 0 heterocycles. The number of nitro groups is 1. The van der Waals surface area contributed by atoms with E-state index >= 15 is 0 Å². The number of rotatable bonds is 11. The Balaban J connectivity index is 1.57. The van der Waals surface area contributed by atoms with Crippen molar-refractivity contribution in [3.8, 4) is 23.0 Å². The lowest BCUT2D eigenvalue weighted by atomic mass is 10.2. The zero-order valence-electron chi connectivity index (χ0n) is 19.5. The van der Waals surface area contributed by atoms with E-state index in [2.05, 4.69) is 10.5 Å². The third-order valence-corrected chi connectivity index (χ3v) is 4.61. The Hall–Kier alpha value is -4.93. The number of para-hydroxylation sites is 2. The second kappa shape index (κ2) is 12.5. The van der Waals surface area contributed by atoms with Crippen molar-refractivity contribution >= 4 is 23.8 Å². The van der Waals surface area contributed by atoms with Crippen molar-refractivity contribution in [1.82, 2.24) is 5.43 Å². The van der Waals surface area contributed by atoms with Crippen LogP contribution in [0, 0.1) is 10.1 Å². The minimum atomic E-state index is -0.614. The van der Waals surface area contributed by atoms with Gasteiger partial charge >= 0.3 is 11.7 Å². The molecule has 186 valence electrons. The first-order valence-corrected chi connectivity index (χ1v) is 10.7. The number of carbonyl (C=O) groups excluding carboxylic acids is 2. The average Bonchev–Trinajstić information content (AvgIpc) is 2.89. The van der Waals surface area contributed by atoms with E-state index in [4.69, 9.17) is 18.9 Å². The van der Waals surface area contributed by atoms with Crippen LogP contribution in [0.15, 0.2) is 71.8 Å². The number of benzene rings is 3. The number of hydrazone groups is 1. The smallest absolute Gasteiger partial charge is 0.343 e. The molecule has 11 heteroatoms. The Bertz CT molecular complexity index is 1260. The van der Waals surface area contributed by atoms with E-state index < -0.39 is 23.4 Å². The maximum absolute atomic E-state index is 12.5. The van der Waals surface area contributed by atoms with Crippen LogP contribution < -0.4 is 24.4 Å². The third-order valence-electron chi connectivity index (χ3n) is 4.61. The van der Waals surface area contributed by atoms with Crippen molar-refractivity contribution in [2.24, 2.45) is 5.10 Å². The maximum atomic E-state index is 12.5. The number of nitrogens with one attached hydrogen (secondary N) is 1. The predicted molar refractivity (Wildman–Crippen MR) is 130 cm³/mol. The summed E-state index contributed by atoms with van der Waals surface area (Å²) in [6, 6.07) is 17.0. The Labute approximate surface area is 206 Å². The van der Waals surface area contributed by atoms with Crippen LogP contribution in [-0.2, 0) is 4.79 Å². The van der Waals surface area contributed by atoms with Crippen molar-refractivity contribution in [3.63, 3.8) is 0 Å². The summed E-state index contributed by atoms with van der Waals surface area (Å²) in [6.45, 7) is 1.92. The van der Waals surface area contributed by atoms with E-state index in [-0.39, 0.29) is 22.9 Å². The molecule has 0 aromatic heterocycles. The van der Waals surface area contributed by atoms with Gasteiger partial charge in [-0.05, 0) is 61.0 Å². The lowest BCUT2D eigenvalue weighted by molar-refractivity contribution is -0.385. The minimum absolute atomic E-state index is 0.0262.